The number of nitrogens with one attached hydrogen (secondary N) is 1. The summed E-state index contributed by atoms with van der Waals surface area (Å²) >= 11 is 1.31. The van der Waals surface area contributed by atoms with Gasteiger partial charge in [0.15, 0.2) is 6.61 Å². The van der Waals surface area contributed by atoms with Gasteiger partial charge in [-0.1, -0.05) is 49.1 Å². The van der Waals surface area contributed by atoms with E-state index in [1.165, 1.54) is 16.9 Å². The van der Waals surface area contributed by atoms with Crippen LogP contribution in [0.1, 0.15) is 58.6 Å². The average Bonchev–Trinajstić information content (AvgIpc) is 3.35. The van der Waals surface area contributed by atoms with Crippen LogP contribution in [-0.2, 0) is 16.1 Å². The molecule has 1 aliphatic carbocycles. The molecule has 166 valence electrons. The number of carbonyl (C=O) groups is 2. The third kappa shape index (κ3) is 4.68. The first kappa shape index (κ1) is 22.0. The smallest absolute Gasteiger partial charge is 0.348 e. The highest BCUT2D eigenvalue weighted by molar-refractivity contribution is 7.20. The van der Waals surface area contributed by atoms with E-state index in [9.17, 15) is 14.9 Å². The number of nitriles is 1. The molecule has 3 aromatic rings. The number of aryl methyl sites for hydroxylation is 2. The molecule has 0 atom stereocenters. The second-order valence-electron chi connectivity index (χ2n) is 8.44. The Morgan fingerprint density at radius 1 is 1.22 bits per heavy atom. The highest BCUT2D eigenvalue weighted by atomic mass is 32.1. The van der Waals surface area contributed by atoms with E-state index < -0.39 is 24.0 Å². The maximum absolute atomic E-state index is 12.6. The molecule has 0 saturated heterocycles. The quantitative estimate of drug-likeness (QED) is 0.566. The molecular weight excluding hydrogens is 424 g/mol. The van der Waals surface area contributed by atoms with Crippen molar-refractivity contribution in [1.82, 2.24) is 15.1 Å². The molecule has 1 saturated carbocycles. The summed E-state index contributed by atoms with van der Waals surface area (Å²) in [6, 6.07) is 12.3. The van der Waals surface area contributed by atoms with E-state index in [2.05, 4.69) is 40.8 Å². The summed E-state index contributed by atoms with van der Waals surface area (Å²) in [5, 5.41) is 17.8. The Morgan fingerprint density at radius 3 is 2.62 bits per heavy atom. The van der Waals surface area contributed by atoms with E-state index >= 15 is 0 Å². The summed E-state index contributed by atoms with van der Waals surface area (Å²) in [6.07, 6.45) is 4.16. The Kier molecular flexibility index (Phi) is 6.28. The lowest BCUT2D eigenvalue weighted by Crippen LogP contribution is -2.50. The van der Waals surface area contributed by atoms with Gasteiger partial charge in [0, 0.05) is 5.39 Å². The number of benzene rings is 1. The van der Waals surface area contributed by atoms with Crippen LogP contribution in [0.4, 0.5) is 0 Å². The number of nitrogens with zero attached hydrogens (tertiary/aromatic N) is 3. The van der Waals surface area contributed by atoms with Gasteiger partial charge in [0.2, 0.25) is 0 Å². The lowest BCUT2D eigenvalue weighted by atomic mass is 9.83. The van der Waals surface area contributed by atoms with E-state index in [0.29, 0.717) is 24.3 Å². The summed E-state index contributed by atoms with van der Waals surface area (Å²) in [5.74, 6) is -0.984. The fourth-order valence-corrected chi connectivity index (χ4v) is 5.17. The number of esters is 1. The largest absolute Gasteiger partial charge is 0.451 e. The van der Waals surface area contributed by atoms with Crippen LogP contribution in [0.15, 0.2) is 30.3 Å². The van der Waals surface area contributed by atoms with E-state index in [0.717, 1.165) is 40.7 Å². The summed E-state index contributed by atoms with van der Waals surface area (Å²) in [7, 11) is 0. The second-order valence-corrected chi connectivity index (χ2v) is 9.47. The molecular formula is C24H26N4O3S. The fourth-order valence-electron chi connectivity index (χ4n) is 4.11. The van der Waals surface area contributed by atoms with Crippen LogP contribution in [0.3, 0.4) is 0 Å². The van der Waals surface area contributed by atoms with Crippen molar-refractivity contribution in [3.63, 3.8) is 0 Å². The molecule has 1 aromatic carbocycles. The van der Waals surface area contributed by atoms with Crippen LogP contribution in [0.5, 0.6) is 0 Å². The summed E-state index contributed by atoms with van der Waals surface area (Å²) in [6.45, 7) is 4.17. The number of carbonyl (C=O) groups excluding carboxylic acids is 2. The molecule has 0 unspecified atom stereocenters. The predicted octanol–water partition coefficient (Wildman–Crippen LogP) is 4.26. The molecule has 0 spiro atoms. The first-order chi connectivity index (χ1) is 15.4. The number of fused-ring (bicyclic) bond motifs is 1. The number of thiophene rings is 1. The van der Waals surface area contributed by atoms with Gasteiger partial charge >= 0.3 is 5.97 Å². The van der Waals surface area contributed by atoms with E-state index in [4.69, 9.17) is 4.74 Å². The molecule has 1 fully saturated rings. The van der Waals surface area contributed by atoms with E-state index in [1.54, 1.807) is 6.07 Å². The number of rotatable bonds is 6. The van der Waals surface area contributed by atoms with Crippen molar-refractivity contribution < 1.29 is 14.3 Å². The molecule has 4 rings (SSSR count). The first-order valence-electron chi connectivity index (χ1n) is 10.8. The maximum atomic E-state index is 12.6. The minimum absolute atomic E-state index is 0.398. The van der Waals surface area contributed by atoms with Crippen molar-refractivity contribution >= 4 is 33.4 Å². The standard InChI is InChI=1S/C24H26N4O3S/c1-16-6-8-18(9-7-16)13-28-22-19(17(2)27-28)12-20(32-22)23(30)31-14-21(29)26-24(15-25)10-4-3-5-11-24/h6-9,12H,3-5,10-11,13-14H2,1-2H3,(H,26,29). The molecule has 0 aliphatic heterocycles. The van der Waals surface area contributed by atoms with Crippen LogP contribution < -0.4 is 5.32 Å². The van der Waals surface area contributed by atoms with Crippen molar-refractivity contribution in [3.8, 4) is 6.07 Å². The topological polar surface area (TPSA) is 97.0 Å². The summed E-state index contributed by atoms with van der Waals surface area (Å²) in [4.78, 5) is 26.2. The van der Waals surface area contributed by atoms with Gasteiger partial charge in [0.1, 0.15) is 15.2 Å². The Hall–Kier alpha value is -3.18. The SMILES string of the molecule is Cc1ccc(Cn2nc(C)c3cc(C(=O)OCC(=O)NC4(C#N)CCCCC4)sc32)cc1. The average molecular weight is 451 g/mol. The van der Waals surface area contributed by atoms with Gasteiger partial charge in [0.25, 0.3) is 5.91 Å². The second kappa shape index (κ2) is 9.13. The predicted molar refractivity (Wildman–Crippen MR) is 122 cm³/mol. The molecule has 0 radical (unpaired) electrons. The zero-order valence-electron chi connectivity index (χ0n) is 18.3. The number of hydrogen-bond acceptors (Lipinski definition) is 6. The van der Waals surface area contributed by atoms with E-state index in [1.807, 2.05) is 18.5 Å². The van der Waals surface area contributed by atoms with Crippen LogP contribution in [0.25, 0.3) is 10.2 Å². The van der Waals surface area contributed by atoms with Crippen molar-refractivity contribution in [1.29, 1.82) is 5.26 Å². The minimum Gasteiger partial charge on any atom is -0.451 e. The molecule has 8 heteroatoms. The Balaban J connectivity index is 1.42. The molecule has 1 aliphatic rings. The molecule has 2 heterocycles. The van der Waals surface area contributed by atoms with Gasteiger partial charge < -0.3 is 10.1 Å². The van der Waals surface area contributed by atoms with Gasteiger partial charge in [-0.2, -0.15) is 10.4 Å². The van der Waals surface area contributed by atoms with Crippen LogP contribution in [-0.4, -0.2) is 33.8 Å². The molecule has 32 heavy (non-hydrogen) atoms. The van der Waals surface area contributed by atoms with E-state index in [-0.39, 0.29) is 0 Å². The fraction of sp³-hybridized carbons (Fsp3) is 0.417. The normalized spacial score (nSPS) is 15.3. The van der Waals surface area contributed by atoms with Gasteiger partial charge in [-0.15, -0.1) is 11.3 Å². The zero-order chi connectivity index (χ0) is 22.7. The van der Waals surface area contributed by atoms with Crippen molar-refractivity contribution in [2.75, 3.05) is 6.61 Å². The summed E-state index contributed by atoms with van der Waals surface area (Å²) in [5.41, 5.74) is 2.33. The van der Waals surface area contributed by atoms with Gasteiger partial charge in [-0.25, -0.2) is 4.79 Å². The molecule has 2 aromatic heterocycles. The van der Waals surface area contributed by atoms with Crippen molar-refractivity contribution in [3.05, 3.63) is 52.0 Å². The molecule has 1 N–H and O–H groups in total. The van der Waals surface area contributed by atoms with Crippen LogP contribution in [0, 0.1) is 25.2 Å². The molecule has 1 amide bonds. The highest BCUT2D eigenvalue weighted by Crippen LogP contribution is 2.30. The monoisotopic (exact) mass is 450 g/mol. The number of aromatic nitrogens is 2. The zero-order valence-corrected chi connectivity index (χ0v) is 19.1. The maximum Gasteiger partial charge on any atom is 0.348 e. The highest BCUT2D eigenvalue weighted by Gasteiger charge is 2.33. The third-order valence-electron chi connectivity index (χ3n) is 5.90. The van der Waals surface area contributed by atoms with Crippen LogP contribution in [0.2, 0.25) is 0 Å². The van der Waals surface area contributed by atoms with Crippen molar-refractivity contribution in [2.45, 2.75) is 58.0 Å². The van der Waals surface area contributed by atoms with Gasteiger partial charge in [-0.05, 0) is 38.3 Å². The summed E-state index contributed by atoms with van der Waals surface area (Å²) < 4.78 is 7.14. The number of amides is 1. The number of hydrogen-bond donors (Lipinski definition) is 1. The third-order valence-corrected chi connectivity index (χ3v) is 7.02. The molecule has 7 nitrogen and oxygen atoms in total. The first-order valence-corrected chi connectivity index (χ1v) is 11.6. The Bertz CT molecular complexity index is 1180. The van der Waals surface area contributed by atoms with Crippen LogP contribution >= 0.6 is 11.3 Å². The lowest BCUT2D eigenvalue weighted by molar-refractivity contribution is -0.125. The van der Waals surface area contributed by atoms with Gasteiger partial charge in [0.05, 0.1) is 18.3 Å². The lowest BCUT2D eigenvalue weighted by Gasteiger charge is -2.31. The Morgan fingerprint density at radius 2 is 1.94 bits per heavy atom. The van der Waals surface area contributed by atoms with Crippen molar-refractivity contribution in [2.24, 2.45) is 0 Å². The minimum atomic E-state index is -0.837. The Labute approximate surface area is 191 Å². The van der Waals surface area contributed by atoms with Gasteiger partial charge in [-0.3, -0.25) is 9.48 Å². The number of ether oxygens (including phenoxy) is 1. The molecule has 0 bridgehead atoms.